The average molecular weight is 395 g/mol. The molecule has 3 rings (SSSR count). The van der Waals surface area contributed by atoms with Crippen LogP contribution in [0.25, 0.3) is 11.4 Å². The van der Waals surface area contributed by atoms with Crippen molar-refractivity contribution in [3.63, 3.8) is 0 Å². The highest BCUT2D eigenvalue weighted by Crippen LogP contribution is 2.22. The zero-order chi connectivity index (χ0) is 18.5. The lowest BCUT2D eigenvalue weighted by Crippen LogP contribution is -2.42. The van der Waals surface area contributed by atoms with Crippen LogP contribution in [0, 0.1) is 5.92 Å². The Morgan fingerprint density at radius 2 is 2.00 bits per heavy atom. The number of aromatic nitrogens is 2. The second kappa shape index (κ2) is 9.71. The van der Waals surface area contributed by atoms with E-state index in [-0.39, 0.29) is 24.4 Å². The Hall–Kier alpha value is -2.12. The molecule has 0 spiro atoms. The molecule has 2 aromatic rings. The number of amides is 1. The molecule has 0 saturated carbocycles. The largest absolute Gasteiger partial charge is 0.497 e. The summed E-state index contributed by atoms with van der Waals surface area (Å²) in [5.74, 6) is 2.43. The van der Waals surface area contributed by atoms with Crippen LogP contribution in [-0.2, 0) is 11.2 Å². The number of carbonyl (C=O) groups excluding carboxylic acids is 1. The number of likely N-dealkylation sites (tertiary alicyclic amines) is 1. The molecule has 8 heteroatoms. The Morgan fingerprint density at radius 3 is 2.59 bits per heavy atom. The van der Waals surface area contributed by atoms with Crippen LogP contribution in [0.5, 0.6) is 5.75 Å². The number of nitrogens with two attached hydrogens (primary N) is 1. The number of carbonyl (C=O) groups is 1. The van der Waals surface area contributed by atoms with E-state index in [0.717, 1.165) is 37.2 Å². The average Bonchev–Trinajstić information content (AvgIpc) is 3.15. The fourth-order valence-corrected chi connectivity index (χ4v) is 3.26. The third-order valence-electron chi connectivity index (χ3n) is 5.00. The first-order valence-corrected chi connectivity index (χ1v) is 9.07. The molecule has 0 aliphatic carbocycles. The molecule has 1 atom stereocenters. The van der Waals surface area contributed by atoms with Gasteiger partial charge in [-0.05, 0) is 49.9 Å². The zero-order valence-electron chi connectivity index (χ0n) is 15.8. The number of hydrogen-bond acceptors (Lipinski definition) is 6. The summed E-state index contributed by atoms with van der Waals surface area (Å²) in [5, 5.41) is 4.00. The van der Waals surface area contributed by atoms with Crippen LogP contribution in [0.3, 0.4) is 0 Å². The first-order chi connectivity index (χ1) is 12.6. The minimum Gasteiger partial charge on any atom is -0.497 e. The molecule has 27 heavy (non-hydrogen) atoms. The number of ether oxygens (including phenoxy) is 1. The Labute approximate surface area is 165 Å². The van der Waals surface area contributed by atoms with Crippen molar-refractivity contribution in [1.82, 2.24) is 15.0 Å². The monoisotopic (exact) mass is 394 g/mol. The van der Waals surface area contributed by atoms with Gasteiger partial charge in [-0.1, -0.05) is 5.16 Å². The van der Waals surface area contributed by atoms with Crippen molar-refractivity contribution < 1.29 is 14.1 Å². The fourth-order valence-electron chi connectivity index (χ4n) is 3.26. The molecule has 1 amide bonds. The molecule has 0 bridgehead atoms. The van der Waals surface area contributed by atoms with Crippen molar-refractivity contribution in [2.75, 3.05) is 20.2 Å². The number of halogens is 1. The number of methoxy groups -OCH3 is 1. The Morgan fingerprint density at radius 1 is 1.33 bits per heavy atom. The number of piperidine rings is 1. The lowest BCUT2D eigenvalue weighted by atomic mass is 9.91. The smallest absolute Gasteiger partial charge is 0.227 e. The van der Waals surface area contributed by atoms with E-state index in [0.29, 0.717) is 30.5 Å². The van der Waals surface area contributed by atoms with Gasteiger partial charge < -0.3 is 19.9 Å². The van der Waals surface area contributed by atoms with Crippen molar-refractivity contribution >= 4 is 18.3 Å². The summed E-state index contributed by atoms with van der Waals surface area (Å²) in [5.41, 5.74) is 6.80. The second-order valence-electron chi connectivity index (χ2n) is 6.82. The van der Waals surface area contributed by atoms with Crippen LogP contribution in [0.4, 0.5) is 0 Å². The number of aryl methyl sites for hydroxylation is 1. The van der Waals surface area contributed by atoms with E-state index in [1.807, 2.05) is 36.1 Å². The molecule has 148 valence electrons. The molecular weight excluding hydrogens is 368 g/mol. The number of rotatable bonds is 6. The van der Waals surface area contributed by atoms with E-state index in [1.54, 1.807) is 7.11 Å². The molecular formula is C19H27ClN4O3. The molecule has 1 aromatic carbocycles. The Balaban J connectivity index is 0.00000261. The van der Waals surface area contributed by atoms with Gasteiger partial charge in [-0.2, -0.15) is 4.98 Å². The summed E-state index contributed by atoms with van der Waals surface area (Å²) in [4.78, 5) is 18.7. The molecule has 0 radical (unpaired) electrons. The predicted molar refractivity (Wildman–Crippen MR) is 105 cm³/mol. The second-order valence-corrected chi connectivity index (χ2v) is 6.82. The van der Waals surface area contributed by atoms with Gasteiger partial charge in [0.05, 0.1) is 7.11 Å². The van der Waals surface area contributed by atoms with Crippen LogP contribution >= 0.6 is 12.4 Å². The maximum Gasteiger partial charge on any atom is 0.227 e. The van der Waals surface area contributed by atoms with Crippen molar-refractivity contribution in [2.45, 2.75) is 38.6 Å². The minimum atomic E-state index is 0. The van der Waals surface area contributed by atoms with Gasteiger partial charge in [0, 0.05) is 37.5 Å². The van der Waals surface area contributed by atoms with Gasteiger partial charge in [0.2, 0.25) is 17.6 Å². The van der Waals surface area contributed by atoms with Crippen LogP contribution in [0.15, 0.2) is 28.8 Å². The van der Waals surface area contributed by atoms with Gasteiger partial charge in [-0.15, -0.1) is 12.4 Å². The number of hydrogen-bond donors (Lipinski definition) is 1. The van der Waals surface area contributed by atoms with E-state index in [2.05, 4.69) is 10.1 Å². The van der Waals surface area contributed by atoms with E-state index in [9.17, 15) is 4.79 Å². The molecule has 1 unspecified atom stereocenters. The van der Waals surface area contributed by atoms with Crippen LogP contribution in [0.1, 0.15) is 32.1 Å². The first-order valence-electron chi connectivity index (χ1n) is 9.07. The first kappa shape index (κ1) is 21.2. The van der Waals surface area contributed by atoms with Crippen LogP contribution < -0.4 is 10.5 Å². The summed E-state index contributed by atoms with van der Waals surface area (Å²) in [6.45, 7) is 3.61. The molecule has 1 aromatic heterocycles. The van der Waals surface area contributed by atoms with E-state index < -0.39 is 0 Å². The maximum absolute atomic E-state index is 12.4. The standard InChI is InChI=1S/C19H26N4O3.ClH/c1-13(20)14-9-11-23(12-10-14)18(24)8-7-17-21-19(22-26-17)15-3-5-16(25-2)6-4-15;/h3-6,13-14H,7-12,20H2,1-2H3;1H. The highest BCUT2D eigenvalue weighted by atomic mass is 35.5. The van der Waals surface area contributed by atoms with E-state index >= 15 is 0 Å². The molecule has 1 saturated heterocycles. The molecule has 7 nitrogen and oxygen atoms in total. The highest BCUT2D eigenvalue weighted by Gasteiger charge is 2.24. The van der Waals surface area contributed by atoms with Gasteiger partial charge in [-0.3, -0.25) is 4.79 Å². The van der Waals surface area contributed by atoms with Gasteiger partial charge in [0.15, 0.2) is 0 Å². The van der Waals surface area contributed by atoms with E-state index in [4.69, 9.17) is 15.0 Å². The summed E-state index contributed by atoms with van der Waals surface area (Å²) >= 11 is 0. The lowest BCUT2D eigenvalue weighted by molar-refractivity contribution is -0.132. The normalized spacial score (nSPS) is 15.9. The highest BCUT2D eigenvalue weighted by molar-refractivity contribution is 5.85. The maximum atomic E-state index is 12.4. The van der Waals surface area contributed by atoms with Crippen molar-refractivity contribution in [1.29, 1.82) is 0 Å². The minimum absolute atomic E-state index is 0. The van der Waals surface area contributed by atoms with Crippen molar-refractivity contribution in [2.24, 2.45) is 11.7 Å². The van der Waals surface area contributed by atoms with Crippen molar-refractivity contribution in [3.8, 4) is 17.1 Å². The van der Waals surface area contributed by atoms with Gasteiger partial charge in [0.1, 0.15) is 5.75 Å². The Kier molecular flexibility index (Phi) is 7.62. The summed E-state index contributed by atoms with van der Waals surface area (Å²) < 4.78 is 10.4. The SMILES string of the molecule is COc1ccc(-c2noc(CCC(=O)N3CCC(C(C)N)CC3)n2)cc1.Cl. The summed E-state index contributed by atoms with van der Waals surface area (Å²) in [6.07, 6.45) is 2.79. The van der Waals surface area contributed by atoms with Crippen LogP contribution in [-0.4, -0.2) is 47.2 Å². The Bertz CT molecular complexity index is 725. The van der Waals surface area contributed by atoms with Gasteiger partial charge in [-0.25, -0.2) is 0 Å². The topological polar surface area (TPSA) is 94.5 Å². The zero-order valence-corrected chi connectivity index (χ0v) is 16.6. The molecule has 1 aliphatic heterocycles. The number of benzene rings is 1. The molecule has 2 N–H and O–H groups in total. The van der Waals surface area contributed by atoms with E-state index in [1.165, 1.54) is 0 Å². The summed E-state index contributed by atoms with van der Waals surface area (Å²) in [7, 11) is 1.62. The quantitative estimate of drug-likeness (QED) is 0.809. The molecule has 2 heterocycles. The van der Waals surface area contributed by atoms with Gasteiger partial charge >= 0.3 is 0 Å². The summed E-state index contributed by atoms with van der Waals surface area (Å²) in [6, 6.07) is 7.64. The third kappa shape index (κ3) is 5.43. The molecule has 1 aliphatic rings. The number of nitrogens with zero attached hydrogens (tertiary/aromatic N) is 3. The van der Waals surface area contributed by atoms with Crippen molar-refractivity contribution in [3.05, 3.63) is 30.2 Å². The predicted octanol–water partition coefficient (Wildman–Crippen LogP) is 2.69. The molecule has 1 fully saturated rings. The third-order valence-corrected chi connectivity index (χ3v) is 5.00. The van der Waals surface area contributed by atoms with Crippen LogP contribution in [0.2, 0.25) is 0 Å². The lowest BCUT2D eigenvalue weighted by Gasteiger charge is -2.33. The fraction of sp³-hybridized carbons (Fsp3) is 0.526. The van der Waals surface area contributed by atoms with Gasteiger partial charge in [0.25, 0.3) is 0 Å².